The third-order valence-electron chi connectivity index (χ3n) is 3.03. The van der Waals surface area contributed by atoms with Gasteiger partial charge in [0.15, 0.2) is 9.84 Å². The number of sulfonamides is 1. The van der Waals surface area contributed by atoms with Crippen molar-refractivity contribution in [3.8, 4) is 0 Å². The van der Waals surface area contributed by atoms with Gasteiger partial charge in [-0.25, -0.2) is 25.9 Å². The lowest BCUT2D eigenvalue weighted by molar-refractivity contribution is 0.574. The predicted molar refractivity (Wildman–Crippen MR) is 85.0 cm³/mol. The van der Waals surface area contributed by atoms with E-state index in [1.54, 1.807) is 6.07 Å². The van der Waals surface area contributed by atoms with Crippen LogP contribution in [0.4, 0.5) is 4.39 Å². The number of rotatable bonds is 5. The molecule has 0 atom stereocenters. The Balaban J connectivity index is 2.35. The van der Waals surface area contributed by atoms with Crippen LogP contribution >= 0.6 is 11.6 Å². The molecule has 2 aromatic rings. The highest BCUT2D eigenvalue weighted by molar-refractivity contribution is 7.91. The summed E-state index contributed by atoms with van der Waals surface area (Å²) in [4.78, 5) is -0.549. The van der Waals surface area contributed by atoms with Gasteiger partial charge >= 0.3 is 0 Å². The normalized spacial score (nSPS) is 12.3. The Kier molecular flexibility index (Phi) is 5.10. The SMILES string of the molecule is CS(=O)(=O)c1ccc(Cl)c(S(=O)(=O)NCc2ccccc2F)c1. The molecule has 5 nitrogen and oxygen atoms in total. The zero-order chi connectivity index (χ0) is 17.3. The van der Waals surface area contributed by atoms with E-state index in [4.69, 9.17) is 11.6 Å². The number of halogens is 2. The molecule has 124 valence electrons. The van der Waals surface area contributed by atoms with E-state index >= 15 is 0 Å². The van der Waals surface area contributed by atoms with Gasteiger partial charge in [-0.1, -0.05) is 29.8 Å². The van der Waals surface area contributed by atoms with Crippen molar-refractivity contribution >= 4 is 31.5 Å². The van der Waals surface area contributed by atoms with Crippen LogP contribution in [0.1, 0.15) is 5.56 Å². The standard InChI is InChI=1S/C14H13ClFNO4S2/c1-22(18,19)11-6-7-12(15)14(8-11)23(20,21)17-9-10-4-2-3-5-13(10)16/h2-8,17H,9H2,1H3. The molecule has 0 amide bonds. The fourth-order valence-corrected chi connectivity index (χ4v) is 4.06. The number of nitrogens with one attached hydrogen (secondary N) is 1. The van der Waals surface area contributed by atoms with Crippen molar-refractivity contribution < 1.29 is 21.2 Å². The number of sulfone groups is 1. The first kappa shape index (κ1) is 17.9. The van der Waals surface area contributed by atoms with Gasteiger partial charge in [0.05, 0.1) is 9.92 Å². The van der Waals surface area contributed by atoms with Gasteiger partial charge in [0.1, 0.15) is 10.7 Å². The Bertz CT molecular complexity index is 943. The minimum atomic E-state index is -4.10. The molecule has 23 heavy (non-hydrogen) atoms. The lowest BCUT2D eigenvalue weighted by Crippen LogP contribution is -2.24. The lowest BCUT2D eigenvalue weighted by atomic mass is 10.2. The summed E-state index contributed by atoms with van der Waals surface area (Å²) < 4.78 is 63.4. The van der Waals surface area contributed by atoms with Gasteiger partial charge in [0.25, 0.3) is 0 Å². The summed E-state index contributed by atoms with van der Waals surface area (Å²) in [6, 6.07) is 9.08. The number of hydrogen-bond acceptors (Lipinski definition) is 4. The average Bonchev–Trinajstić information content (AvgIpc) is 2.45. The molecule has 0 aromatic heterocycles. The van der Waals surface area contributed by atoms with Crippen molar-refractivity contribution in [1.82, 2.24) is 4.72 Å². The van der Waals surface area contributed by atoms with Crippen molar-refractivity contribution in [1.29, 1.82) is 0 Å². The second-order valence-electron chi connectivity index (χ2n) is 4.78. The maximum Gasteiger partial charge on any atom is 0.242 e. The summed E-state index contributed by atoms with van der Waals surface area (Å²) in [5.74, 6) is -0.550. The summed E-state index contributed by atoms with van der Waals surface area (Å²) in [5.41, 5.74) is 0.159. The summed E-state index contributed by atoms with van der Waals surface area (Å²) >= 11 is 5.86. The van der Waals surface area contributed by atoms with Crippen molar-refractivity contribution in [2.24, 2.45) is 0 Å². The van der Waals surface area contributed by atoms with E-state index in [1.165, 1.54) is 30.3 Å². The van der Waals surface area contributed by atoms with Gasteiger partial charge in [0, 0.05) is 18.4 Å². The van der Waals surface area contributed by atoms with Crippen LogP contribution in [0.25, 0.3) is 0 Å². The molecular formula is C14H13ClFNO4S2. The number of hydrogen-bond donors (Lipinski definition) is 1. The molecule has 0 saturated heterocycles. The Labute approximate surface area is 139 Å². The smallest absolute Gasteiger partial charge is 0.224 e. The Morgan fingerprint density at radius 2 is 1.74 bits per heavy atom. The molecule has 2 rings (SSSR count). The largest absolute Gasteiger partial charge is 0.242 e. The Hall–Kier alpha value is -1.48. The zero-order valence-corrected chi connectivity index (χ0v) is 14.3. The van der Waals surface area contributed by atoms with Gasteiger partial charge in [-0.3, -0.25) is 0 Å². The van der Waals surface area contributed by atoms with Crippen molar-refractivity contribution in [2.45, 2.75) is 16.3 Å². The average molecular weight is 378 g/mol. The van der Waals surface area contributed by atoms with E-state index < -0.39 is 25.7 Å². The monoisotopic (exact) mass is 377 g/mol. The van der Waals surface area contributed by atoms with Gasteiger partial charge < -0.3 is 0 Å². The molecule has 0 fully saturated rings. The van der Waals surface area contributed by atoms with Gasteiger partial charge in [0.2, 0.25) is 10.0 Å². The van der Waals surface area contributed by atoms with Crippen molar-refractivity contribution in [3.63, 3.8) is 0 Å². The topological polar surface area (TPSA) is 80.3 Å². The maximum absolute atomic E-state index is 13.5. The molecule has 2 aromatic carbocycles. The first-order valence-corrected chi connectivity index (χ1v) is 10.1. The molecule has 0 aliphatic rings. The van der Waals surface area contributed by atoms with Crippen LogP contribution in [0, 0.1) is 5.82 Å². The van der Waals surface area contributed by atoms with E-state index in [0.717, 1.165) is 12.3 Å². The molecular weight excluding hydrogens is 365 g/mol. The summed E-state index contributed by atoms with van der Waals surface area (Å²) in [5, 5.41) is -0.126. The molecule has 0 spiro atoms. The third kappa shape index (κ3) is 4.29. The molecule has 0 saturated carbocycles. The highest BCUT2D eigenvalue weighted by atomic mass is 35.5. The van der Waals surface area contributed by atoms with Crippen LogP contribution in [-0.2, 0) is 26.4 Å². The molecule has 0 bridgehead atoms. The zero-order valence-electron chi connectivity index (χ0n) is 12.0. The maximum atomic E-state index is 13.5. The fourth-order valence-electron chi connectivity index (χ4n) is 1.81. The fraction of sp³-hybridized carbons (Fsp3) is 0.143. The van der Waals surface area contributed by atoms with Gasteiger partial charge in [-0.15, -0.1) is 0 Å². The molecule has 0 radical (unpaired) electrons. The van der Waals surface area contributed by atoms with Crippen LogP contribution in [0.15, 0.2) is 52.3 Å². The quantitative estimate of drug-likeness (QED) is 0.867. The Morgan fingerprint density at radius 3 is 2.35 bits per heavy atom. The molecule has 9 heteroatoms. The summed E-state index contributed by atoms with van der Waals surface area (Å²) in [6.45, 7) is -0.283. The third-order valence-corrected chi connectivity index (χ3v) is 6.02. The van der Waals surface area contributed by atoms with E-state index in [9.17, 15) is 21.2 Å². The second kappa shape index (κ2) is 6.56. The van der Waals surface area contributed by atoms with E-state index in [2.05, 4.69) is 4.72 Å². The molecule has 0 heterocycles. The molecule has 0 aliphatic heterocycles. The molecule has 0 aliphatic carbocycles. The highest BCUT2D eigenvalue weighted by Crippen LogP contribution is 2.25. The molecule has 1 N–H and O–H groups in total. The van der Waals surface area contributed by atoms with Crippen molar-refractivity contribution in [3.05, 3.63) is 58.9 Å². The first-order chi connectivity index (χ1) is 10.6. The summed E-state index contributed by atoms with van der Waals surface area (Å²) in [7, 11) is -7.69. The van der Waals surface area contributed by atoms with Gasteiger partial charge in [-0.05, 0) is 24.3 Å². The van der Waals surface area contributed by atoms with Gasteiger partial charge in [-0.2, -0.15) is 0 Å². The minimum Gasteiger partial charge on any atom is -0.224 e. The van der Waals surface area contributed by atoms with Crippen LogP contribution in [-0.4, -0.2) is 23.1 Å². The summed E-state index contributed by atoms with van der Waals surface area (Å²) in [6.07, 6.45) is 0.958. The first-order valence-electron chi connectivity index (χ1n) is 6.34. The van der Waals surface area contributed by atoms with Crippen LogP contribution in [0.3, 0.4) is 0 Å². The van der Waals surface area contributed by atoms with Crippen LogP contribution < -0.4 is 4.72 Å². The van der Waals surface area contributed by atoms with E-state index in [-0.39, 0.29) is 26.9 Å². The van der Waals surface area contributed by atoms with E-state index in [1.807, 2.05) is 0 Å². The Morgan fingerprint density at radius 1 is 1.09 bits per heavy atom. The van der Waals surface area contributed by atoms with E-state index in [0.29, 0.717) is 0 Å². The van der Waals surface area contributed by atoms with Crippen LogP contribution in [0.5, 0.6) is 0 Å². The predicted octanol–water partition coefficient (Wildman–Crippen LogP) is 2.36. The minimum absolute atomic E-state index is 0.126. The van der Waals surface area contributed by atoms with Crippen molar-refractivity contribution in [2.75, 3.05) is 6.26 Å². The van der Waals surface area contributed by atoms with Crippen LogP contribution in [0.2, 0.25) is 5.02 Å². The number of benzene rings is 2. The molecule has 0 unspecified atom stereocenters. The highest BCUT2D eigenvalue weighted by Gasteiger charge is 2.21. The second-order valence-corrected chi connectivity index (χ2v) is 8.94. The lowest BCUT2D eigenvalue weighted by Gasteiger charge is -2.10.